The molecule has 0 radical (unpaired) electrons. The van der Waals surface area contributed by atoms with E-state index in [4.69, 9.17) is 16.3 Å². The van der Waals surface area contributed by atoms with E-state index in [0.717, 1.165) is 11.6 Å². The Labute approximate surface area is 184 Å². The molecule has 0 saturated heterocycles. The zero-order valence-corrected chi connectivity index (χ0v) is 18.0. The molecule has 0 aliphatic heterocycles. The Bertz CT molecular complexity index is 1210. The Morgan fingerprint density at radius 2 is 1.74 bits per heavy atom. The number of rotatable bonds is 8. The van der Waals surface area contributed by atoms with Crippen LogP contribution in [0.5, 0.6) is 11.5 Å². The van der Waals surface area contributed by atoms with E-state index in [1.807, 2.05) is 0 Å². The van der Waals surface area contributed by atoms with Crippen LogP contribution in [0.15, 0.2) is 65.6 Å². The van der Waals surface area contributed by atoms with Gasteiger partial charge in [0.15, 0.2) is 0 Å². The molecule has 2 N–H and O–H groups in total. The van der Waals surface area contributed by atoms with Gasteiger partial charge in [-0.2, -0.15) is 0 Å². The van der Waals surface area contributed by atoms with E-state index in [0.29, 0.717) is 23.5 Å². The average Bonchev–Trinajstić information content (AvgIpc) is 2.72. The number of aryl methyl sites for hydroxylation is 1. The maximum Gasteiger partial charge on any atom is 0.335 e. The first-order chi connectivity index (χ1) is 14.7. The minimum Gasteiger partial charge on any atom is -0.478 e. The number of hydrogen-bond donors (Lipinski definition) is 2. The van der Waals surface area contributed by atoms with Crippen LogP contribution in [-0.2, 0) is 16.4 Å². The van der Waals surface area contributed by atoms with Crippen LogP contribution in [0.25, 0.3) is 0 Å². The molecule has 6 nitrogen and oxygen atoms in total. The normalized spacial score (nSPS) is 11.3. The summed E-state index contributed by atoms with van der Waals surface area (Å²) in [4.78, 5) is 11.1. The van der Waals surface area contributed by atoms with Crippen molar-refractivity contribution < 1.29 is 27.4 Å². The maximum atomic E-state index is 13.2. The highest BCUT2D eigenvalue weighted by Crippen LogP contribution is 2.26. The summed E-state index contributed by atoms with van der Waals surface area (Å²) < 4.78 is 46.2. The van der Waals surface area contributed by atoms with Crippen LogP contribution < -0.4 is 9.46 Å². The molecule has 0 bridgehead atoms. The van der Waals surface area contributed by atoms with E-state index < -0.39 is 21.8 Å². The number of ether oxygens (including phenoxy) is 1. The Hall–Kier alpha value is -2.94. The van der Waals surface area contributed by atoms with Gasteiger partial charge in [0.1, 0.15) is 17.3 Å². The third-order valence-corrected chi connectivity index (χ3v) is 6.25. The highest BCUT2D eigenvalue weighted by molar-refractivity contribution is 7.89. The number of sulfonamides is 1. The molecule has 0 spiro atoms. The van der Waals surface area contributed by atoms with Crippen LogP contribution in [0, 0.1) is 12.7 Å². The van der Waals surface area contributed by atoms with Gasteiger partial charge in [-0.3, -0.25) is 0 Å². The van der Waals surface area contributed by atoms with Crippen molar-refractivity contribution in [3.05, 3.63) is 88.2 Å². The number of hydrogen-bond acceptors (Lipinski definition) is 4. The van der Waals surface area contributed by atoms with Crippen molar-refractivity contribution in [1.29, 1.82) is 0 Å². The van der Waals surface area contributed by atoms with Gasteiger partial charge in [0.2, 0.25) is 10.0 Å². The molecule has 162 valence electrons. The second-order valence-corrected chi connectivity index (χ2v) is 8.93. The van der Waals surface area contributed by atoms with Crippen LogP contribution >= 0.6 is 11.6 Å². The Morgan fingerprint density at radius 1 is 1.06 bits per heavy atom. The fourth-order valence-corrected chi connectivity index (χ4v) is 4.04. The van der Waals surface area contributed by atoms with Crippen molar-refractivity contribution in [2.24, 2.45) is 0 Å². The van der Waals surface area contributed by atoms with Crippen LogP contribution in [0.2, 0.25) is 5.02 Å². The van der Waals surface area contributed by atoms with E-state index in [2.05, 4.69) is 4.72 Å². The Kier molecular flexibility index (Phi) is 6.94. The molecule has 0 saturated carbocycles. The molecule has 0 fully saturated rings. The van der Waals surface area contributed by atoms with Crippen LogP contribution in [0.4, 0.5) is 4.39 Å². The number of nitrogens with one attached hydrogen (secondary N) is 1. The fraction of sp³-hybridized carbons (Fsp3) is 0.136. The van der Waals surface area contributed by atoms with Gasteiger partial charge in [-0.25, -0.2) is 22.3 Å². The predicted octanol–water partition coefficient (Wildman–Crippen LogP) is 4.80. The van der Waals surface area contributed by atoms with Gasteiger partial charge in [0.05, 0.1) is 15.5 Å². The molecule has 3 aromatic carbocycles. The van der Waals surface area contributed by atoms with Crippen molar-refractivity contribution in [3.63, 3.8) is 0 Å². The van der Waals surface area contributed by atoms with E-state index in [9.17, 15) is 22.7 Å². The van der Waals surface area contributed by atoms with Crippen molar-refractivity contribution in [2.75, 3.05) is 6.54 Å². The summed E-state index contributed by atoms with van der Waals surface area (Å²) in [7, 11) is -3.84. The number of carboxylic acid groups (broad SMARTS) is 1. The van der Waals surface area contributed by atoms with E-state index in [1.54, 1.807) is 31.2 Å². The molecular formula is C22H19ClFNO5S. The lowest BCUT2D eigenvalue weighted by Gasteiger charge is -2.10. The molecule has 0 unspecified atom stereocenters. The monoisotopic (exact) mass is 463 g/mol. The van der Waals surface area contributed by atoms with Gasteiger partial charge in [-0.15, -0.1) is 0 Å². The smallest absolute Gasteiger partial charge is 0.335 e. The molecule has 31 heavy (non-hydrogen) atoms. The zero-order valence-electron chi connectivity index (χ0n) is 16.4. The standard InChI is InChI=1S/C22H19ClFNO5S/c1-14-2-8-18(13-19(14)22(26)27)31(28,29)25-11-10-15-3-5-16(6-4-15)30-17-7-9-21(24)20(23)12-17/h2-9,12-13,25H,10-11H2,1H3,(H,26,27). The predicted molar refractivity (Wildman–Crippen MR) is 115 cm³/mol. The first kappa shape index (κ1) is 22.7. The van der Waals surface area contributed by atoms with Crippen molar-refractivity contribution in [1.82, 2.24) is 4.72 Å². The van der Waals surface area contributed by atoms with E-state index in [1.165, 1.54) is 30.3 Å². The van der Waals surface area contributed by atoms with Crippen LogP contribution in [0.1, 0.15) is 21.5 Å². The van der Waals surface area contributed by atoms with E-state index in [-0.39, 0.29) is 22.0 Å². The van der Waals surface area contributed by atoms with Crippen molar-refractivity contribution >= 4 is 27.6 Å². The Balaban J connectivity index is 1.59. The topological polar surface area (TPSA) is 92.7 Å². The summed E-state index contributed by atoms with van der Waals surface area (Å²) in [6.07, 6.45) is 0.416. The van der Waals surface area contributed by atoms with Gasteiger partial charge >= 0.3 is 5.97 Å². The molecule has 3 aromatic rings. The summed E-state index contributed by atoms with van der Waals surface area (Å²) in [6, 6.07) is 15.0. The molecule has 9 heteroatoms. The largest absolute Gasteiger partial charge is 0.478 e. The highest BCUT2D eigenvalue weighted by atomic mass is 35.5. The lowest BCUT2D eigenvalue weighted by Crippen LogP contribution is -2.26. The molecule has 0 atom stereocenters. The van der Waals surface area contributed by atoms with Gasteiger partial charge in [-0.05, 0) is 60.9 Å². The van der Waals surface area contributed by atoms with Crippen LogP contribution in [0.3, 0.4) is 0 Å². The second-order valence-electron chi connectivity index (χ2n) is 6.75. The fourth-order valence-electron chi connectivity index (χ4n) is 2.81. The molecule has 0 aliphatic carbocycles. The minimum absolute atomic E-state index is 0.0366. The molecule has 0 aliphatic rings. The van der Waals surface area contributed by atoms with Crippen molar-refractivity contribution in [2.45, 2.75) is 18.2 Å². The van der Waals surface area contributed by atoms with Crippen LogP contribution in [-0.4, -0.2) is 26.0 Å². The third kappa shape index (κ3) is 5.81. The first-order valence-corrected chi connectivity index (χ1v) is 11.1. The molecular weight excluding hydrogens is 445 g/mol. The number of halogens is 2. The Morgan fingerprint density at radius 3 is 2.39 bits per heavy atom. The summed E-state index contributed by atoms with van der Waals surface area (Å²) in [5.74, 6) is -0.796. The SMILES string of the molecule is Cc1ccc(S(=O)(=O)NCCc2ccc(Oc3ccc(F)c(Cl)c3)cc2)cc1C(=O)O. The summed E-state index contributed by atoms with van der Waals surface area (Å²) >= 11 is 5.74. The summed E-state index contributed by atoms with van der Waals surface area (Å²) in [6.45, 7) is 1.73. The average molecular weight is 464 g/mol. The lowest BCUT2D eigenvalue weighted by molar-refractivity contribution is 0.0696. The molecule has 0 heterocycles. The summed E-state index contributed by atoms with van der Waals surface area (Å²) in [5, 5.41) is 9.14. The molecule has 3 rings (SSSR count). The van der Waals surface area contributed by atoms with Crippen molar-refractivity contribution in [3.8, 4) is 11.5 Å². The first-order valence-electron chi connectivity index (χ1n) is 9.21. The number of aromatic carboxylic acids is 1. The van der Waals surface area contributed by atoms with Gasteiger partial charge < -0.3 is 9.84 Å². The van der Waals surface area contributed by atoms with Gasteiger partial charge in [0.25, 0.3) is 0 Å². The zero-order chi connectivity index (χ0) is 22.6. The van der Waals surface area contributed by atoms with Gasteiger partial charge in [-0.1, -0.05) is 29.8 Å². The third-order valence-electron chi connectivity index (χ3n) is 4.51. The highest BCUT2D eigenvalue weighted by Gasteiger charge is 2.17. The maximum absolute atomic E-state index is 13.2. The second kappa shape index (κ2) is 9.47. The number of benzene rings is 3. The quantitative estimate of drug-likeness (QED) is 0.500. The summed E-state index contributed by atoms with van der Waals surface area (Å²) in [5.41, 5.74) is 1.29. The number of carboxylic acids is 1. The molecule has 0 aromatic heterocycles. The minimum atomic E-state index is -3.84. The van der Waals surface area contributed by atoms with E-state index >= 15 is 0 Å². The lowest BCUT2D eigenvalue weighted by atomic mass is 10.1. The van der Waals surface area contributed by atoms with Gasteiger partial charge in [0, 0.05) is 12.6 Å². The molecule has 0 amide bonds. The number of carbonyl (C=O) groups is 1.